The lowest BCUT2D eigenvalue weighted by molar-refractivity contribution is 0.0735. The van der Waals surface area contributed by atoms with Gasteiger partial charge in [0, 0.05) is 17.8 Å². The summed E-state index contributed by atoms with van der Waals surface area (Å²) < 4.78 is 16.4. The summed E-state index contributed by atoms with van der Waals surface area (Å²) in [6.45, 7) is 6.61. The smallest absolute Gasteiger partial charge is 0.259 e. The van der Waals surface area contributed by atoms with Crippen LogP contribution in [-0.4, -0.2) is 41.7 Å². The highest BCUT2D eigenvalue weighted by Gasteiger charge is 2.34. The molecule has 0 radical (unpaired) electrons. The van der Waals surface area contributed by atoms with Gasteiger partial charge >= 0.3 is 0 Å². The van der Waals surface area contributed by atoms with Crippen LogP contribution >= 0.6 is 0 Å². The minimum atomic E-state index is -0.0894. The highest BCUT2D eigenvalue weighted by molar-refractivity contribution is 6.06. The Labute approximate surface area is 176 Å². The molecule has 1 unspecified atom stereocenters. The number of hydrogen-bond acceptors (Lipinski definition) is 6. The van der Waals surface area contributed by atoms with Gasteiger partial charge in [-0.15, -0.1) is 0 Å². The third kappa shape index (κ3) is 3.38. The van der Waals surface area contributed by atoms with E-state index in [9.17, 15) is 4.79 Å². The van der Waals surface area contributed by atoms with Crippen LogP contribution in [-0.2, 0) is 0 Å². The molecule has 1 aliphatic rings. The van der Waals surface area contributed by atoms with E-state index >= 15 is 0 Å². The molecule has 0 saturated carbocycles. The molecule has 7 heteroatoms. The van der Waals surface area contributed by atoms with Crippen molar-refractivity contribution in [2.75, 3.05) is 20.8 Å². The number of benzene rings is 1. The minimum absolute atomic E-state index is 0.0389. The first-order valence-electron chi connectivity index (χ1n) is 10.2. The predicted octanol–water partition coefficient (Wildman–Crippen LogP) is 4.65. The maximum Gasteiger partial charge on any atom is 0.259 e. The molecule has 1 fully saturated rings. The number of pyridine rings is 1. The fraction of sp³-hybridized carbons (Fsp3) is 0.435. The Morgan fingerprint density at radius 2 is 2.03 bits per heavy atom. The Kier molecular flexibility index (Phi) is 5.37. The van der Waals surface area contributed by atoms with E-state index in [2.05, 4.69) is 10.1 Å². The van der Waals surface area contributed by atoms with E-state index < -0.39 is 0 Å². The molecule has 0 N–H and O–H groups in total. The molecule has 30 heavy (non-hydrogen) atoms. The van der Waals surface area contributed by atoms with Crippen molar-refractivity contribution in [3.63, 3.8) is 0 Å². The number of hydrogen-bond donors (Lipinski definition) is 0. The van der Waals surface area contributed by atoms with Crippen molar-refractivity contribution in [2.24, 2.45) is 0 Å². The predicted molar refractivity (Wildman–Crippen MR) is 113 cm³/mol. The molecule has 2 aromatic heterocycles. The number of carbonyl (C=O) groups is 1. The van der Waals surface area contributed by atoms with Crippen LogP contribution in [0.1, 0.15) is 66.0 Å². The van der Waals surface area contributed by atoms with E-state index in [1.807, 2.05) is 49.9 Å². The lowest BCUT2D eigenvalue weighted by atomic mass is 10.0. The second-order valence-corrected chi connectivity index (χ2v) is 7.96. The number of ether oxygens (including phenoxy) is 2. The maximum absolute atomic E-state index is 13.8. The van der Waals surface area contributed by atoms with Crippen LogP contribution in [0.25, 0.3) is 11.1 Å². The zero-order valence-corrected chi connectivity index (χ0v) is 18.1. The molecule has 3 heterocycles. The molecule has 0 aliphatic carbocycles. The summed E-state index contributed by atoms with van der Waals surface area (Å²) in [4.78, 5) is 20.3. The number of aromatic nitrogens is 2. The molecule has 158 valence electrons. The topological polar surface area (TPSA) is 77.7 Å². The van der Waals surface area contributed by atoms with Crippen LogP contribution in [0.3, 0.4) is 0 Å². The fourth-order valence-electron chi connectivity index (χ4n) is 4.17. The van der Waals surface area contributed by atoms with Gasteiger partial charge in [-0.1, -0.05) is 19.0 Å². The molecule has 0 spiro atoms. The van der Waals surface area contributed by atoms with E-state index in [0.29, 0.717) is 28.9 Å². The Morgan fingerprint density at radius 1 is 1.23 bits per heavy atom. The Balaban J connectivity index is 1.80. The third-order valence-corrected chi connectivity index (χ3v) is 5.77. The highest BCUT2D eigenvalue weighted by atomic mass is 16.5. The Morgan fingerprint density at radius 3 is 2.73 bits per heavy atom. The number of carbonyl (C=O) groups excluding carboxylic acids is 1. The molecule has 1 saturated heterocycles. The molecule has 1 atom stereocenters. The normalized spacial score (nSPS) is 16.5. The number of fused-ring (bicyclic) bond motifs is 1. The van der Waals surface area contributed by atoms with Crippen molar-refractivity contribution in [3.05, 3.63) is 46.8 Å². The van der Waals surface area contributed by atoms with Crippen LogP contribution in [0.2, 0.25) is 0 Å². The lowest BCUT2D eigenvalue weighted by Gasteiger charge is -2.27. The molecule has 1 aromatic carbocycles. The highest BCUT2D eigenvalue weighted by Crippen LogP contribution is 2.40. The summed E-state index contributed by atoms with van der Waals surface area (Å²) in [6.07, 6.45) is 1.79. The van der Waals surface area contributed by atoms with E-state index in [1.54, 1.807) is 14.2 Å². The summed E-state index contributed by atoms with van der Waals surface area (Å²) in [5, 5.41) is 4.74. The van der Waals surface area contributed by atoms with Crippen LogP contribution in [0.15, 0.2) is 28.8 Å². The monoisotopic (exact) mass is 409 g/mol. The van der Waals surface area contributed by atoms with E-state index in [1.165, 1.54) is 0 Å². The van der Waals surface area contributed by atoms with Crippen molar-refractivity contribution in [1.82, 2.24) is 15.0 Å². The molecular formula is C23H27N3O4. The van der Waals surface area contributed by atoms with Crippen molar-refractivity contribution in [3.8, 4) is 11.5 Å². The van der Waals surface area contributed by atoms with E-state index in [4.69, 9.17) is 14.0 Å². The zero-order valence-electron chi connectivity index (χ0n) is 18.1. The first kappa shape index (κ1) is 20.2. The molecule has 3 aromatic rings. The molecule has 1 amide bonds. The molecule has 1 aliphatic heterocycles. The van der Waals surface area contributed by atoms with Gasteiger partial charge in [-0.2, -0.15) is 0 Å². The number of aryl methyl sites for hydroxylation is 1. The van der Waals surface area contributed by atoms with Gasteiger partial charge < -0.3 is 18.9 Å². The first-order chi connectivity index (χ1) is 14.4. The summed E-state index contributed by atoms with van der Waals surface area (Å²) >= 11 is 0. The number of methoxy groups -OCH3 is 2. The third-order valence-electron chi connectivity index (χ3n) is 5.77. The Bertz CT molecular complexity index is 1090. The average Bonchev–Trinajstić information content (AvgIpc) is 3.39. The molecular weight excluding hydrogens is 382 g/mol. The van der Waals surface area contributed by atoms with Gasteiger partial charge in [0.2, 0.25) is 0 Å². The maximum atomic E-state index is 13.8. The largest absolute Gasteiger partial charge is 0.497 e. The standard InChI is InChI=1S/C23H27N3O4/c1-13(2)18-12-17(21-14(3)25-30-22(21)24-18)23(27)26-10-6-7-19(26)16-11-15(28-4)8-9-20(16)29-5/h8-9,11-13,19H,6-7,10H2,1-5H3. The van der Waals surface area contributed by atoms with Crippen molar-refractivity contribution >= 4 is 17.0 Å². The van der Waals surface area contributed by atoms with Crippen LogP contribution < -0.4 is 9.47 Å². The summed E-state index contributed by atoms with van der Waals surface area (Å²) in [5.74, 6) is 1.62. The van der Waals surface area contributed by atoms with Gasteiger partial charge in [0.05, 0.1) is 36.9 Å². The van der Waals surface area contributed by atoms with Crippen LogP contribution in [0, 0.1) is 6.92 Å². The molecule has 0 bridgehead atoms. The minimum Gasteiger partial charge on any atom is -0.497 e. The number of nitrogens with zero attached hydrogens (tertiary/aromatic N) is 3. The van der Waals surface area contributed by atoms with Crippen LogP contribution in [0.5, 0.6) is 11.5 Å². The Hall–Kier alpha value is -3.09. The number of amides is 1. The van der Waals surface area contributed by atoms with Gasteiger partial charge in [0.25, 0.3) is 11.6 Å². The fourth-order valence-corrected chi connectivity index (χ4v) is 4.17. The second kappa shape index (κ2) is 7.97. The second-order valence-electron chi connectivity index (χ2n) is 7.96. The van der Waals surface area contributed by atoms with Crippen molar-refractivity contribution in [2.45, 2.75) is 45.6 Å². The summed E-state index contributed by atoms with van der Waals surface area (Å²) in [6, 6.07) is 7.51. The van der Waals surface area contributed by atoms with Gasteiger partial charge in [-0.05, 0) is 49.9 Å². The summed E-state index contributed by atoms with van der Waals surface area (Å²) in [7, 11) is 3.28. The zero-order chi connectivity index (χ0) is 21.4. The van der Waals surface area contributed by atoms with Gasteiger partial charge in [-0.25, -0.2) is 4.98 Å². The SMILES string of the molecule is COc1ccc(OC)c(C2CCCN2C(=O)c2cc(C(C)C)nc3onc(C)c23)c1. The van der Waals surface area contributed by atoms with Gasteiger partial charge in [0.15, 0.2) is 0 Å². The van der Waals surface area contributed by atoms with E-state index in [-0.39, 0.29) is 17.9 Å². The number of likely N-dealkylation sites (tertiary alicyclic amines) is 1. The van der Waals surface area contributed by atoms with Crippen molar-refractivity contribution < 1.29 is 18.8 Å². The molecule has 7 nitrogen and oxygen atoms in total. The van der Waals surface area contributed by atoms with E-state index in [0.717, 1.165) is 35.6 Å². The quantitative estimate of drug-likeness (QED) is 0.610. The van der Waals surface area contributed by atoms with Crippen LogP contribution in [0.4, 0.5) is 0 Å². The first-order valence-corrected chi connectivity index (χ1v) is 10.2. The van der Waals surface area contributed by atoms with Gasteiger partial charge in [0.1, 0.15) is 11.5 Å². The summed E-state index contributed by atoms with van der Waals surface area (Å²) in [5.41, 5.74) is 3.45. The molecule has 4 rings (SSSR count). The lowest BCUT2D eigenvalue weighted by Crippen LogP contribution is -2.31. The average molecular weight is 409 g/mol. The van der Waals surface area contributed by atoms with Crippen molar-refractivity contribution in [1.29, 1.82) is 0 Å². The van der Waals surface area contributed by atoms with Gasteiger partial charge in [-0.3, -0.25) is 4.79 Å². The number of rotatable bonds is 5.